The molecule has 0 saturated carbocycles. The van der Waals surface area contributed by atoms with Crippen LogP contribution in [0, 0.1) is 0 Å². The van der Waals surface area contributed by atoms with Gasteiger partial charge in [-0.05, 0) is 18.2 Å². The third-order valence-corrected chi connectivity index (χ3v) is 1.82. The molecule has 2 nitrogen and oxygen atoms in total. The van der Waals surface area contributed by atoms with E-state index in [1.165, 1.54) is 0 Å². The number of rotatable bonds is 1. The average Bonchev–Trinajstić information content (AvgIpc) is 2.05. The van der Waals surface area contributed by atoms with Crippen LogP contribution in [0.5, 0.6) is 0 Å². The second-order valence-electron chi connectivity index (χ2n) is 2.19. The summed E-state index contributed by atoms with van der Waals surface area (Å²) in [5.74, 6) is -0.745. The van der Waals surface area contributed by atoms with Crippen LogP contribution in [0.2, 0.25) is 5.02 Å². The summed E-state index contributed by atoms with van der Waals surface area (Å²) in [6.07, 6.45) is 0.222. The summed E-state index contributed by atoms with van der Waals surface area (Å²) < 4.78 is 1.02. The van der Waals surface area contributed by atoms with Crippen molar-refractivity contribution in [3.05, 3.63) is 33.8 Å². The van der Waals surface area contributed by atoms with E-state index in [9.17, 15) is 4.79 Å². The van der Waals surface area contributed by atoms with E-state index in [4.69, 9.17) is 16.7 Å². The standard InChI is InChI=1S/C6H4BrCl.C3H6O2/c7-5-2-1-3-6(8)4-5;1-2-3(4)5/h1-4H;2H2,1H3,(H,4,5). The molecule has 0 aliphatic rings. The predicted molar refractivity (Wildman–Crippen MR) is 57.1 cm³/mol. The Morgan fingerprint density at radius 3 is 2.38 bits per heavy atom. The van der Waals surface area contributed by atoms with E-state index < -0.39 is 5.97 Å². The van der Waals surface area contributed by atoms with Gasteiger partial charge in [-0.15, -0.1) is 0 Å². The molecule has 0 unspecified atom stereocenters. The highest BCUT2D eigenvalue weighted by molar-refractivity contribution is 9.10. The molecule has 0 saturated heterocycles. The Bertz CT molecular complexity index is 259. The van der Waals surface area contributed by atoms with Gasteiger partial charge in [0.2, 0.25) is 0 Å². The molecule has 1 rings (SSSR count). The molecule has 1 aromatic rings. The SMILES string of the molecule is CCC(=O)O.Clc1cccc(Br)c1. The van der Waals surface area contributed by atoms with Crippen molar-refractivity contribution in [2.24, 2.45) is 0 Å². The molecule has 1 aromatic carbocycles. The Morgan fingerprint density at radius 1 is 1.62 bits per heavy atom. The Labute approximate surface area is 90.7 Å². The summed E-state index contributed by atoms with van der Waals surface area (Å²) in [6, 6.07) is 7.52. The topological polar surface area (TPSA) is 37.3 Å². The molecule has 1 N–H and O–H groups in total. The van der Waals surface area contributed by atoms with E-state index in [1.54, 1.807) is 6.92 Å². The van der Waals surface area contributed by atoms with E-state index in [2.05, 4.69) is 15.9 Å². The highest BCUT2D eigenvalue weighted by Gasteiger charge is 1.84. The number of hydrogen-bond acceptors (Lipinski definition) is 1. The minimum atomic E-state index is -0.745. The van der Waals surface area contributed by atoms with Gasteiger partial charge in [0.15, 0.2) is 0 Å². The van der Waals surface area contributed by atoms with Gasteiger partial charge in [0, 0.05) is 15.9 Å². The second-order valence-corrected chi connectivity index (χ2v) is 3.54. The largest absolute Gasteiger partial charge is 0.481 e. The van der Waals surface area contributed by atoms with Crippen molar-refractivity contribution in [2.75, 3.05) is 0 Å². The Hall–Kier alpha value is -0.540. The van der Waals surface area contributed by atoms with Crippen LogP contribution in [0.25, 0.3) is 0 Å². The minimum absolute atomic E-state index is 0.222. The first-order valence-corrected chi connectivity index (χ1v) is 4.86. The molecular formula is C9H10BrClO2. The normalized spacial score (nSPS) is 8.54. The molecule has 0 aliphatic heterocycles. The molecule has 0 heterocycles. The van der Waals surface area contributed by atoms with Gasteiger partial charge in [0.25, 0.3) is 0 Å². The molecular weight excluding hydrogens is 255 g/mol. The van der Waals surface area contributed by atoms with Crippen LogP contribution in [-0.2, 0) is 4.79 Å². The Kier molecular flexibility index (Phi) is 6.63. The number of carboxylic acids is 1. The molecule has 0 spiro atoms. The quantitative estimate of drug-likeness (QED) is 0.842. The molecule has 0 fully saturated rings. The van der Waals surface area contributed by atoms with Gasteiger partial charge in [0.1, 0.15) is 0 Å². The minimum Gasteiger partial charge on any atom is -0.481 e. The maximum Gasteiger partial charge on any atom is 0.303 e. The third-order valence-electron chi connectivity index (χ3n) is 1.09. The van der Waals surface area contributed by atoms with Crippen LogP contribution in [0.15, 0.2) is 28.7 Å². The van der Waals surface area contributed by atoms with Crippen molar-refractivity contribution in [3.8, 4) is 0 Å². The van der Waals surface area contributed by atoms with Gasteiger partial charge in [0.05, 0.1) is 0 Å². The van der Waals surface area contributed by atoms with Gasteiger partial charge in [-0.2, -0.15) is 0 Å². The van der Waals surface area contributed by atoms with E-state index in [0.717, 1.165) is 9.50 Å². The van der Waals surface area contributed by atoms with Crippen molar-refractivity contribution in [1.82, 2.24) is 0 Å². The Morgan fingerprint density at radius 2 is 2.15 bits per heavy atom. The monoisotopic (exact) mass is 264 g/mol. The van der Waals surface area contributed by atoms with E-state index in [1.807, 2.05) is 24.3 Å². The zero-order chi connectivity index (χ0) is 10.3. The lowest BCUT2D eigenvalue weighted by atomic mass is 10.4. The molecule has 13 heavy (non-hydrogen) atoms. The summed E-state index contributed by atoms with van der Waals surface area (Å²) in [7, 11) is 0. The number of aliphatic carboxylic acids is 1. The van der Waals surface area contributed by atoms with Crippen LogP contribution in [0.1, 0.15) is 13.3 Å². The van der Waals surface area contributed by atoms with Crippen molar-refractivity contribution >= 4 is 33.5 Å². The number of hydrogen-bond donors (Lipinski definition) is 1. The molecule has 0 radical (unpaired) electrons. The molecule has 0 atom stereocenters. The maximum atomic E-state index is 9.37. The van der Waals surface area contributed by atoms with Gasteiger partial charge in [-0.25, -0.2) is 0 Å². The summed E-state index contributed by atoms with van der Waals surface area (Å²) in [5.41, 5.74) is 0. The number of halogens is 2. The molecule has 0 bridgehead atoms. The lowest BCUT2D eigenvalue weighted by Crippen LogP contribution is -1.86. The van der Waals surface area contributed by atoms with Crippen molar-refractivity contribution in [2.45, 2.75) is 13.3 Å². The summed E-state index contributed by atoms with van der Waals surface area (Å²) >= 11 is 8.89. The van der Waals surface area contributed by atoms with Gasteiger partial charge in [-0.3, -0.25) is 4.79 Å². The van der Waals surface area contributed by atoms with Crippen LogP contribution >= 0.6 is 27.5 Å². The molecule has 0 aromatic heterocycles. The van der Waals surface area contributed by atoms with Crippen LogP contribution in [-0.4, -0.2) is 11.1 Å². The smallest absolute Gasteiger partial charge is 0.303 e. The fraction of sp³-hybridized carbons (Fsp3) is 0.222. The highest BCUT2D eigenvalue weighted by Crippen LogP contribution is 2.14. The van der Waals surface area contributed by atoms with Crippen molar-refractivity contribution in [1.29, 1.82) is 0 Å². The molecule has 4 heteroatoms. The second kappa shape index (κ2) is 6.92. The van der Waals surface area contributed by atoms with E-state index in [0.29, 0.717) is 0 Å². The van der Waals surface area contributed by atoms with Crippen molar-refractivity contribution < 1.29 is 9.90 Å². The Balaban J connectivity index is 0.000000252. The van der Waals surface area contributed by atoms with E-state index in [-0.39, 0.29) is 6.42 Å². The van der Waals surface area contributed by atoms with Gasteiger partial charge < -0.3 is 5.11 Å². The lowest BCUT2D eigenvalue weighted by molar-refractivity contribution is -0.136. The number of carbonyl (C=O) groups is 1. The predicted octanol–water partition coefficient (Wildman–Crippen LogP) is 3.58. The van der Waals surface area contributed by atoms with Crippen LogP contribution < -0.4 is 0 Å². The summed E-state index contributed by atoms with van der Waals surface area (Å²) in [5, 5.41) is 8.49. The van der Waals surface area contributed by atoms with E-state index >= 15 is 0 Å². The lowest BCUT2D eigenvalue weighted by Gasteiger charge is -1.87. The summed E-state index contributed by atoms with van der Waals surface area (Å²) in [4.78, 5) is 9.37. The maximum absolute atomic E-state index is 9.37. The first kappa shape index (κ1) is 12.5. The van der Waals surface area contributed by atoms with Gasteiger partial charge in [-0.1, -0.05) is 40.5 Å². The molecule has 72 valence electrons. The third kappa shape index (κ3) is 7.81. The van der Waals surface area contributed by atoms with Crippen LogP contribution in [0.4, 0.5) is 0 Å². The zero-order valence-electron chi connectivity index (χ0n) is 7.13. The first-order valence-electron chi connectivity index (χ1n) is 3.69. The first-order chi connectivity index (χ1) is 6.06. The summed E-state index contributed by atoms with van der Waals surface area (Å²) in [6.45, 7) is 1.60. The highest BCUT2D eigenvalue weighted by atomic mass is 79.9. The number of benzene rings is 1. The number of carboxylic acid groups (broad SMARTS) is 1. The van der Waals surface area contributed by atoms with Crippen molar-refractivity contribution in [3.63, 3.8) is 0 Å². The molecule has 0 amide bonds. The average molecular weight is 266 g/mol. The fourth-order valence-electron chi connectivity index (χ4n) is 0.460. The molecule has 0 aliphatic carbocycles. The van der Waals surface area contributed by atoms with Crippen LogP contribution in [0.3, 0.4) is 0 Å². The zero-order valence-corrected chi connectivity index (χ0v) is 9.47. The van der Waals surface area contributed by atoms with Gasteiger partial charge >= 0.3 is 5.97 Å². The fourth-order valence-corrected chi connectivity index (χ4v) is 1.18.